The van der Waals surface area contributed by atoms with Crippen molar-refractivity contribution < 1.29 is 0 Å². The van der Waals surface area contributed by atoms with Gasteiger partial charge in [0.15, 0.2) is 5.13 Å². The summed E-state index contributed by atoms with van der Waals surface area (Å²) in [5, 5.41) is 3.16. The third-order valence-corrected chi connectivity index (χ3v) is 5.37. The molecule has 1 fully saturated rings. The summed E-state index contributed by atoms with van der Waals surface area (Å²) in [6, 6.07) is 6.41. The lowest BCUT2D eigenvalue weighted by Crippen LogP contribution is -2.46. The lowest BCUT2D eigenvalue weighted by Gasteiger charge is -2.36. The Labute approximate surface area is 136 Å². The number of rotatable bonds is 3. The maximum absolute atomic E-state index is 5.89. The molecular formula is C14H15BrClN3S. The topological polar surface area (TPSA) is 19.4 Å². The summed E-state index contributed by atoms with van der Waals surface area (Å²) in [6.45, 7) is 4.07. The van der Waals surface area contributed by atoms with Gasteiger partial charge in [-0.25, -0.2) is 4.98 Å². The minimum absolute atomic E-state index is 0.540. The molecule has 3 nitrogen and oxygen atoms in total. The zero-order chi connectivity index (χ0) is 13.9. The third kappa shape index (κ3) is 2.95. The lowest BCUT2D eigenvalue weighted by molar-refractivity contribution is 0.652. The van der Waals surface area contributed by atoms with Gasteiger partial charge in [0.25, 0.3) is 0 Å². The first-order valence-electron chi connectivity index (χ1n) is 6.51. The predicted octanol–water partition coefficient (Wildman–Crippen LogP) is 3.97. The van der Waals surface area contributed by atoms with Crippen LogP contribution in [0.1, 0.15) is 5.56 Å². The number of hydrogen-bond acceptors (Lipinski definition) is 4. The molecule has 106 valence electrons. The van der Waals surface area contributed by atoms with Crippen molar-refractivity contribution in [2.24, 2.45) is 0 Å². The summed E-state index contributed by atoms with van der Waals surface area (Å²) in [5.41, 5.74) is 2.39. The van der Waals surface area contributed by atoms with E-state index in [0.29, 0.717) is 5.88 Å². The van der Waals surface area contributed by atoms with Crippen molar-refractivity contribution in [2.45, 2.75) is 5.88 Å². The van der Waals surface area contributed by atoms with Crippen LogP contribution in [0.4, 0.5) is 10.8 Å². The molecule has 0 aliphatic carbocycles. The number of thiazole rings is 1. The maximum atomic E-state index is 5.89. The Kier molecular flexibility index (Phi) is 4.48. The Morgan fingerprint density at radius 1 is 1.20 bits per heavy atom. The van der Waals surface area contributed by atoms with Crippen LogP contribution in [-0.2, 0) is 5.88 Å². The fourth-order valence-corrected chi connectivity index (χ4v) is 3.97. The largest absolute Gasteiger partial charge is 0.368 e. The van der Waals surface area contributed by atoms with Crippen molar-refractivity contribution in [3.8, 4) is 0 Å². The fraction of sp³-hybridized carbons (Fsp3) is 0.357. The monoisotopic (exact) mass is 371 g/mol. The summed E-state index contributed by atoms with van der Waals surface area (Å²) in [4.78, 5) is 9.14. The molecule has 20 heavy (non-hydrogen) atoms. The predicted molar refractivity (Wildman–Crippen MR) is 90.2 cm³/mol. The zero-order valence-electron chi connectivity index (χ0n) is 10.9. The van der Waals surface area contributed by atoms with Gasteiger partial charge in [-0.15, -0.1) is 22.9 Å². The number of anilines is 2. The van der Waals surface area contributed by atoms with E-state index in [1.165, 1.54) is 5.69 Å². The molecule has 0 bridgehead atoms. The van der Waals surface area contributed by atoms with E-state index in [4.69, 9.17) is 11.6 Å². The van der Waals surface area contributed by atoms with Crippen LogP contribution in [0.25, 0.3) is 0 Å². The van der Waals surface area contributed by atoms with Crippen molar-refractivity contribution in [1.29, 1.82) is 0 Å². The standard InChI is InChI=1S/C14H15BrClN3S/c15-13-9-12(2-1-11(13)10-16)18-4-6-19(7-5-18)14-17-3-8-20-14/h1-3,8-9H,4-7,10H2. The van der Waals surface area contributed by atoms with Crippen LogP contribution in [0, 0.1) is 0 Å². The van der Waals surface area contributed by atoms with Gasteiger partial charge >= 0.3 is 0 Å². The van der Waals surface area contributed by atoms with Crippen LogP contribution in [0.15, 0.2) is 34.2 Å². The van der Waals surface area contributed by atoms with Crippen LogP contribution in [-0.4, -0.2) is 31.2 Å². The molecule has 2 aromatic rings. The Morgan fingerprint density at radius 2 is 1.95 bits per heavy atom. The highest BCUT2D eigenvalue weighted by molar-refractivity contribution is 9.10. The van der Waals surface area contributed by atoms with Gasteiger partial charge < -0.3 is 9.80 Å². The van der Waals surface area contributed by atoms with Gasteiger partial charge in [0.1, 0.15) is 0 Å². The molecule has 1 saturated heterocycles. The first-order chi connectivity index (χ1) is 9.78. The average Bonchev–Trinajstić information content (AvgIpc) is 3.01. The number of halogens is 2. The maximum Gasteiger partial charge on any atom is 0.185 e. The number of aromatic nitrogens is 1. The summed E-state index contributed by atoms with van der Waals surface area (Å²) < 4.78 is 1.09. The minimum Gasteiger partial charge on any atom is -0.368 e. The van der Waals surface area contributed by atoms with Crippen molar-refractivity contribution in [3.63, 3.8) is 0 Å². The molecule has 1 aliphatic heterocycles. The van der Waals surface area contributed by atoms with Crippen LogP contribution in [0.3, 0.4) is 0 Å². The highest BCUT2D eigenvalue weighted by atomic mass is 79.9. The molecule has 0 saturated carbocycles. The molecule has 0 amide bonds. The third-order valence-electron chi connectivity index (χ3n) is 3.52. The molecule has 3 rings (SSSR count). The van der Waals surface area contributed by atoms with E-state index < -0.39 is 0 Å². The highest BCUT2D eigenvalue weighted by Crippen LogP contribution is 2.27. The first kappa shape index (κ1) is 14.2. The van der Waals surface area contributed by atoms with Crippen molar-refractivity contribution in [1.82, 2.24) is 4.98 Å². The second kappa shape index (κ2) is 6.33. The number of hydrogen-bond donors (Lipinski definition) is 0. The average molecular weight is 373 g/mol. The van der Waals surface area contributed by atoms with Crippen LogP contribution in [0.5, 0.6) is 0 Å². The van der Waals surface area contributed by atoms with Crippen molar-refractivity contribution in [2.75, 3.05) is 36.0 Å². The van der Waals surface area contributed by atoms with Gasteiger partial charge in [-0.1, -0.05) is 22.0 Å². The molecule has 0 N–H and O–H groups in total. The van der Waals surface area contributed by atoms with Gasteiger partial charge in [0.2, 0.25) is 0 Å². The second-order valence-electron chi connectivity index (χ2n) is 4.70. The molecule has 6 heteroatoms. The lowest BCUT2D eigenvalue weighted by atomic mass is 10.2. The molecule has 1 aromatic carbocycles. The molecule has 1 aromatic heterocycles. The van der Waals surface area contributed by atoms with Gasteiger partial charge in [-0.3, -0.25) is 0 Å². The van der Waals surface area contributed by atoms with E-state index in [1.54, 1.807) is 11.3 Å². The van der Waals surface area contributed by atoms with E-state index in [-0.39, 0.29) is 0 Å². The molecule has 1 aliphatic rings. The summed E-state index contributed by atoms with van der Waals surface area (Å²) >= 11 is 11.2. The second-order valence-corrected chi connectivity index (χ2v) is 6.69. The molecule has 0 unspecified atom stereocenters. The Bertz CT molecular complexity index is 568. The van der Waals surface area contributed by atoms with Crippen LogP contribution in [0.2, 0.25) is 0 Å². The van der Waals surface area contributed by atoms with Gasteiger partial charge in [0.05, 0.1) is 0 Å². The van der Waals surface area contributed by atoms with Gasteiger partial charge in [0, 0.05) is 53.8 Å². The molecule has 0 atom stereocenters. The molecule has 0 spiro atoms. The van der Waals surface area contributed by atoms with E-state index in [1.807, 2.05) is 11.6 Å². The summed E-state index contributed by atoms with van der Waals surface area (Å²) in [6.07, 6.45) is 1.87. The number of alkyl halides is 1. The smallest absolute Gasteiger partial charge is 0.185 e. The Balaban J connectivity index is 1.67. The Hall–Kier alpha value is -0.780. The number of piperazine rings is 1. The van der Waals surface area contributed by atoms with E-state index in [2.05, 4.69) is 48.9 Å². The van der Waals surface area contributed by atoms with Crippen molar-refractivity contribution >= 4 is 49.7 Å². The quantitative estimate of drug-likeness (QED) is 0.760. The van der Waals surface area contributed by atoms with Crippen molar-refractivity contribution in [3.05, 3.63) is 39.8 Å². The Morgan fingerprint density at radius 3 is 2.55 bits per heavy atom. The molecular weight excluding hydrogens is 358 g/mol. The number of benzene rings is 1. The van der Waals surface area contributed by atoms with Crippen LogP contribution >= 0.6 is 38.9 Å². The van der Waals surface area contributed by atoms with E-state index in [9.17, 15) is 0 Å². The first-order valence-corrected chi connectivity index (χ1v) is 8.72. The summed E-state index contributed by atoms with van der Waals surface area (Å²) in [7, 11) is 0. The SMILES string of the molecule is ClCc1ccc(N2CCN(c3nccs3)CC2)cc1Br. The normalized spacial score (nSPS) is 15.7. The molecule has 0 radical (unpaired) electrons. The van der Waals surface area contributed by atoms with E-state index in [0.717, 1.165) is 41.3 Å². The fourth-order valence-electron chi connectivity index (χ4n) is 2.37. The highest BCUT2D eigenvalue weighted by Gasteiger charge is 2.19. The van der Waals surface area contributed by atoms with Gasteiger partial charge in [-0.05, 0) is 17.7 Å². The zero-order valence-corrected chi connectivity index (χ0v) is 14.1. The number of nitrogens with zero attached hydrogens (tertiary/aromatic N) is 3. The van der Waals surface area contributed by atoms with E-state index >= 15 is 0 Å². The summed E-state index contributed by atoms with van der Waals surface area (Å²) in [5.74, 6) is 0.540. The van der Waals surface area contributed by atoms with Gasteiger partial charge in [-0.2, -0.15) is 0 Å². The van der Waals surface area contributed by atoms with Crippen LogP contribution < -0.4 is 9.80 Å². The molecule has 2 heterocycles. The minimum atomic E-state index is 0.540.